The van der Waals surface area contributed by atoms with Gasteiger partial charge in [0.2, 0.25) is 11.7 Å². The zero-order valence-electron chi connectivity index (χ0n) is 20.1. The molecule has 0 radical (unpaired) electrons. The molecule has 0 spiro atoms. The number of fused-ring (bicyclic) bond motifs is 2. The monoisotopic (exact) mass is 483 g/mol. The number of methoxy groups -OCH3 is 2. The number of H-pyrrole nitrogens is 1. The minimum absolute atomic E-state index is 0.151. The molecule has 1 atom stereocenters. The Balaban J connectivity index is 1.49. The van der Waals surface area contributed by atoms with Crippen LogP contribution < -0.4 is 20.4 Å². The molecule has 3 aromatic carbocycles. The van der Waals surface area contributed by atoms with E-state index in [9.17, 15) is 9.59 Å². The van der Waals surface area contributed by atoms with Gasteiger partial charge in [0.15, 0.2) is 11.3 Å². The molecular weight excluding hydrogens is 458 g/mol. The van der Waals surface area contributed by atoms with Crippen molar-refractivity contribution in [3.05, 3.63) is 99.7 Å². The lowest BCUT2D eigenvalue weighted by Gasteiger charge is -2.18. The number of amides is 1. The number of rotatable bonds is 7. The number of aromatic nitrogens is 2. The van der Waals surface area contributed by atoms with Gasteiger partial charge in [-0.15, -0.1) is 0 Å². The predicted molar refractivity (Wildman–Crippen MR) is 137 cm³/mol. The van der Waals surface area contributed by atoms with E-state index in [0.717, 1.165) is 16.6 Å². The van der Waals surface area contributed by atoms with Crippen LogP contribution in [0.4, 0.5) is 0 Å². The van der Waals surface area contributed by atoms with E-state index >= 15 is 0 Å². The van der Waals surface area contributed by atoms with Gasteiger partial charge in [-0.25, -0.2) is 9.78 Å². The summed E-state index contributed by atoms with van der Waals surface area (Å²) in [6.07, 6.45) is -0.151. The van der Waals surface area contributed by atoms with Gasteiger partial charge in [-0.2, -0.15) is 0 Å². The van der Waals surface area contributed by atoms with Crippen molar-refractivity contribution in [1.82, 2.24) is 15.3 Å². The summed E-state index contributed by atoms with van der Waals surface area (Å²) in [6, 6.07) is 20.2. The van der Waals surface area contributed by atoms with Gasteiger partial charge >= 0.3 is 5.63 Å². The number of carbonyl (C=O) groups excluding carboxylic acids is 1. The minimum Gasteiger partial charge on any atom is -0.493 e. The molecule has 0 saturated carbocycles. The third-order valence-electron chi connectivity index (χ3n) is 6.25. The van der Waals surface area contributed by atoms with E-state index in [1.165, 1.54) is 14.2 Å². The first-order valence-corrected chi connectivity index (χ1v) is 11.5. The first-order valence-electron chi connectivity index (χ1n) is 11.5. The molecule has 8 nitrogen and oxygen atoms in total. The number of ether oxygens (including phenoxy) is 2. The summed E-state index contributed by atoms with van der Waals surface area (Å²) in [5.74, 6) is 1.06. The van der Waals surface area contributed by atoms with E-state index in [2.05, 4.69) is 15.3 Å². The number of nitrogens with one attached hydrogen (secondary N) is 2. The van der Waals surface area contributed by atoms with E-state index in [0.29, 0.717) is 28.3 Å². The highest BCUT2D eigenvalue weighted by Gasteiger charge is 2.23. The molecule has 36 heavy (non-hydrogen) atoms. The number of nitrogens with zero attached hydrogens (tertiary/aromatic N) is 1. The van der Waals surface area contributed by atoms with Crippen LogP contribution in [0.15, 0.2) is 75.9 Å². The van der Waals surface area contributed by atoms with Gasteiger partial charge in [0.05, 0.1) is 37.2 Å². The molecule has 0 unspecified atom stereocenters. The molecule has 0 aliphatic carbocycles. The number of benzene rings is 3. The van der Waals surface area contributed by atoms with Crippen LogP contribution >= 0.6 is 0 Å². The summed E-state index contributed by atoms with van der Waals surface area (Å²) in [6.45, 7) is 1.79. The van der Waals surface area contributed by atoms with Gasteiger partial charge < -0.3 is 24.2 Å². The Hall–Kier alpha value is -4.59. The molecule has 0 bridgehead atoms. The SMILES string of the molecule is COc1ccc2c(C)c(CC(=O)N[C@H](c3ccccc3)c3nc4ccccc4[nH]3)c(=O)oc2c1OC. The van der Waals surface area contributed by atoms with Crippen LogP contribution in [0.2, 0.25) is 0 Å². The van der Waals surface area contributed by atoms with E-state index in [-0.39, 0.29) is 23.5 Å². The summed E-state index contributed by atoms with van der Waals surface area (Å²) in [4.78, 5) is 34.2. The molecule has 0 saturated heterocycles. The third-order valence-corrected chi connectivity index (χ3v) is 6.25. The van der Waals surface area contributed by atoms with Crippen molar-refractivity contribution in [3.63, 3.8) is 0 Å². The van der Waals surface area contributed by atoms with Crippen LogP contribution in [0.25, 0.3) is 22.0 Å². The maximum Gasteiger partial charge on any atom is 0.340 e. The van der Waals surface area contributed by atoms with Crippen LogP contribution in [-0.2, 0) is 11.2 Å². The highest BCUT2D eigenvalue weighted by Crippen LogP contribution is 2.36. The van der Waals surface area contributed by atoms with E-state index in [4.69, 9.17) is 13.9 Å². The van der Waals surface area contributed by atoms with Crippen LogP contribution in [0.1, 0.15) is 28.6 Å². The third kappa shape index (κ3) is 4.17. The molecule has 0 fully saturated rings. The van der Waals surface area contributed by atoms with Gasteiger partial charge in [0, 0.05) is 5.39 Å². The zero-order chi connectivity index (χ0) is 25.2. The maximum atomic E-state index is 13.3. The van der Waals surface area contributed by atoms with Gasteiger partial charge in [-0.05, 0) is 42.3 Å². The van der Waals surface area contributed by atoms with Crippen LogP contribution in [0.3, 0.4) is 0 Å². The number of imidazole rings is 1. The Morgan fingerprint density at radius 2 is 1.78 bits per heavy atom. The van der Waals surface area contributed by atoms with E-state index in [1.54, 1.807) is 19.1 Å². The Bertz CT molecular complexity index is 1590. The second-order valence-corrected chi connectivity index (χ2v) is 8.40. The normalized spacial score (nSPS) is 12.0. The van der Waals surface area contributed by atoms with Gasteiger partial charge in [-0.3, -0.25) is 4.79 Å². The van der Waals surface area contributed by atoms with Crippen molar-refractivity contribution in [2.24, 2.45) is 0 Å². The molecule has 5 aromatic rings. The van der Waals surface area contributed by atoms with E-state index in [1.807, 2.05) is 54.6 Å². The summed E-state index contributed by atoms with van der Waals surface area (Å²) in [7, 11) is 2.99. The van der Waals surface area contributed by atoms with Crippen LogP contribution in [-0.4, -0.2) is 30.1 Å². The number of hydrogen-bond acceptors (Lipinski definition) is 6. The maximum absolute atomic E-state index is 13.3. The highest BCUT2D eigenvalue weighted by atomic mass is 16.5. The molecule has 8 heteroatoms. The Kier molecular flexibility index (Phi) is 6.16. The van der Waals surface area contributed by atoms with Gasteiger partial charge in [-0.1, -0.05) is 42.5 Å². The topological polar surface area (TPSA) is 106 Å². The lowest BCUT2D eigenvalue weighted by molar-refractivity contribution is -0.121. The number of para-hydroxylation sites is 2. The first-order chi connectivity index (χ1) is 17.5. The van der Waals surface area contributed by atoms with Gasteiger partial charge in [0.1, 0.15) is 11.9 Å². The van der Waals surface area contributed by atoms with Crippen LogP contribution in [0.5, 0.6) is 11.5 Å². The molecule has 1 amide bonds. The molecule has 0 aliphatic heterocycles. The van der Waals surface area contributed by atoms with Crippen molar-refractivity contribution in [2.75, 3.05) is 14.2 Å². The second-order valence-electron chi connectivity index (χ2n) is 8.40. The van der Waals surface area contributed by atoms with Crippen molar-refractivity contribution in [2.45, 2.75) is 19.4 Å². The van der Waals surface area contributed by atoms with Crippen molar-refractivity contribution in [3.8, 4) is 11.5 Å². The standard InChI is InChI=1S/C28H25N3O5/c1-16-18-13-14-22(34-2)26(35-3)25(18)36-28(33)19(16)15-23(32)31-24(17-9-5-4-6-10-17)27-29-20-11-7-8-12-21(20)30-27/h4-14,24H,15H2,1-3H3,(H,29,30)(H,31,32)/t24-/m1/s1. The molecule has 182 valence electrons. The quantitative estimate of drug-likeness (QED) is 0.332. The Morgan fingerprint density at radius 1 is 1.03 bits per heavy atom. The summed E-state index contributed by atoms with van der Waals surface area (Å²) < 4.78 is 16.3. The molecule has 2 heterocycles. The lowest BCUT2D eigenvalue weighted by Crippen LogP contribution is -2.32. The second kappa shape index (κ2) is 9.58. The van der Waals surface area contributed by atoms with Crippen molar-refractivity contribution in [1.29, 1.82) is 0 Å². The average molecular weight is 484 g/mol. The Labute approximate surface area is 206 Å². The fraction of sp³-hybridized carbons (Fsp3) is 0.179. The minimum atomic E-state index is -0.596. The molecule has 2 N–H and O–H groups in total. The summed E-state index contributed by atoms with van der Waals surface area (Å²) in [5, 5.41) is 3.72. The molecule has 0 aliphatic rings. The summed E-state index contributed by atoms with van der Waals surface area (Å²) >= 11 is 0. The smallest absolute Gasteiger partial charge is 0.340 e. The number of aryl methyl sites for hydroxylation is 1. The lowest BCUT2D eigenvalue weighted by atomic mass is 10.0. The van der Waals surface area contributed by atoms with Crippen molar-refractivity contribution < 1.29 is 18.7 Å². The number of hydrogen-bond donors (Lipinski definition) is 2. The predicted octanol–water partition coefficient (Wildman–Crippen LogP) is 4.44. The number of aromatic amines is 1. The largest absolute Gasteiger partial charge is 0.493 e. The fourth-order valence-electron chi connectivity index (χ4n) is 4.41. The number of carbonyl (C=O) groups is 1. The zero-order valence-corrected chi connectivity index (χ0v) is 20.1. The Morgan fingerprint density at radius 3 is 2.50 bits per heavy atom. The fourth-order valence-corrected chi connectivity index (χ4v) is 4.41. The highest BCUT2D eigenvalue weighted by molar-refractivity contribution is 5.90. The van der Waals surface area contributed by atoms with Crippen molar-refractivity contribution >= 4 is 27.9 Å². The summed E-state index contributed by atoms with van der Waals surface area (Å²) in [5.41, 5.74) is 3.16. The van der Waals surface area contributed by atoms with Gasteiger partial charge in [0.25, 0.3) is 0 Å². The molecular formula is C28H25N3O5. The first kappa shape index (κ1) is 23.2. The molecule has 5 rings (SSSR count). The van der Waals surface area contributed by atoms with E-state index < -0.39 is 11.7 Å². The molecule has 2 aromatic heterocycles. The average Bonchev–Trinajstić information content (AvgIpc) is 3.33. The van der Waals surface area contributed by atoms with Crippen LogP contribution in [0, 0.1) is 6.92 Å².